The summed E-state index contributed by atoms with van der Waals surface area (Å²) in [7, 11) is 0. The van der Waals surface area contributed by atoms with E-state index in [1.54, 1.807) is 0 Å². The van der Waals surface area contributed by atoms with Gasteiger partial charge in [-0.1, -0.05) is 12.1 Å². The number of hydrogen-bond donors (Lipinski definition) is 1. The molecule has 2 N–H and O–H groups in total. The standard InChI is InChI=1S/C14H19N2O3S/c1-14(2,3)19-13(18)16-8-10-4-6-11(7-5-10)20-9-12(15)17/h4-7,15H,8-9H2,1-3H3,(H,16,18). The molecule has 1 rings (SSSR count). The number of ether oxygens (including phenoxy) is 1. The molecule has 0 aromatic heterocycles. The quantitative estimate of drug-likeness (QED) is 0.847. The number of nitrogens with one attached hydrogen (secondary N) is 2. The van der Waals surface area contributed by atoms with Crippen LogP contribution in [0.4, 0.5) is 4.79 Å². The van der Waals surface area contributed by atoms with Crippen molar-refractivity contribution < 1.29 is 14.3 Å². The van der Waals surface area contributed by atoms with Crippen LogP contribution in [0, 0.1) is 0 Å². The summed E-state index contributed by atoms with van der Waals surface area (Å²) in [4.78, 5) is 23.0. The van der Waals surface area contributed by atoms with E-state index in [1.165, 1.54) is 11.8 Å². The summed E-state index contributed by atoms with van der Waals surface area (Å²) in [6, 6.07) is 7.46. The molecular formula is C14H19N2O3S. The van der Waals surface area contributed by atoms with E-state index >= 15 is 0 Å². The Morgan fingerprint density at radius 2 is 1.85 bits per heavy atom. The number of rotatable bonds is 5. The van der Waals surface area contributed by atoms with Crippen molar-refractivity contribution in [1.82, 2.24) is 11.1 Å². The number of benzene rings is 1. The van der Waals surface area contributed by atoms with Crippen LogP contribution in [0.2, 0.25) is 0 Å². The van der Waals surface area contributed by atoms with Gasteiger partial charge in [0, 0.05) is 11.4 Å². The first-order chi connectivity index (χ1) is 9.26. The first-order valence-electron chi connectivity index (χ1n) is 6.19. The molecule has 0 saturated heterocycles. The zero-order valence-electron chi connectivity index (χ0n) is 11.9. The summed E-state index contributed by atoms with van der Waals surface area (Å²) in [6.07, 6.45) is -0.448. The molecule has 1 radical (unpaired) electrons. The van der Waals surface area contributed by atoms with Gasteiger partial charge in [0.25, 0.3) is 0 Å². The Hall–Kier alpha value is -1.69. The van der Waals surface area contributed by atoms with E-state index in [2.05, 4.69) is 5.32 Å². The number of thioether (sulfide) groups is 1. The van der Waals surface area contributed by atoms with E-state index in [9.17, 15) is 9.59 Å². The fourth-order valence-corrected chi connectivity index (χ4v) is 1.97. The monoisotopic (exact) mass is 295 g/mol. The number of alkyl carbamates (subject to hydrolysis) is 1. The van der Waals surface area contributed by atoms with Crippen LogP contribution < -0.4 is 11.1 Å². The lowest BCUT2D eigenvalue weighted by atomic mass is 10.2. The minimum atomic E-state index is -0.592. The first kappa shape index (κ1) is 16.4. The largest absolute Gasteiger partial charge is 0.444 e. The highest BCUT2D eigenvalue weighted by atomic mass is 32.2. The SMILES string of the molecule is CC(C)(C)OC(=O)NCc1ccc(SCC([NH])=O)cc1. The minimum Gasteiger partial charge on any atom is -0.444 e. The molecule has 20 heavy (non-hydrogen) atoms. The maximum atomic E-state index is 11.5. The van der Waals surface area contributed by atoms with E-state index in [-0.39, 0.29) is 5.75 Å². The Kier molecular flexibility index (Phi) is 5.88. The summed E-state index contributed by atoms with van der Waals surface area (Å²) < 4.78 is 5.14. The summed E-state index contributed by atoms with van der Waals surface area (Å²) >= 11 is 1.32. The molecule has 5 nitrogen and oxygen atoms in total. The minimum absolute atomic E-state index is 0.148. The van der Waals surface area contributed by atoms with Crippen molar-refractivity contribution in [2.24, 2.45) is 0 Å². The zero-order valence-corrected chi connectivity index (χ0v) is 12.7. The van der Waals surface area contributed by atoms with Crippen molar-refractivity contribution in [1.29, 1.82) is 0 Å². The highest BCUT2D eigenvalue weighted by Gasteiger charge is 2.15. The summed E-state index contributed by atoms with van der Waals surface area (Å²) in [5, 5.41) is 2.67. The second-order valence-electron chi connectivity index (χ2n) is 5.21. The van der Waals surface area contributed by atoms with E-state index in [4.69, 9.17) is 10.5 Å². The molecule has 0 bridgehead atoms. The van der Waals surface area contributed by atoms with Crippen molar-refractivity contribution in [2.45, 2.75) is 37.8 Å². The highest BCUT2D eigenvalue weighted by molar-refractivity contribution is 8.00. The molecule has 0 fully saturated rings. The Labute approximate surface area is 123 Å². The molecule has 1 aromatic carbocycles. The predicted molar refractivity (Wildman–Crippen MR) is 78.3 cm³/mol. The third-order valence-electron chi connectivity index (χ3n) is 2.13. The van der Waals surface area contributed by atoms with Gasteiger partial charge in [0.15, 0.2) is 0 Å². The lowest BCUT2D eigenvalue weighted by Crippen LogP contribution is -2.32. The third kappa shape index (κ3) is 7.04. The third-order valence-corrected chi connectivity index (χ3v) is 3.14. The van der Waals surface area contributed by atoms with Gasteiger partial charge in [-0.15, -0.1) is 11.8 Å². The van der Waals surface area contributed by atoms with Crippen LogP contribution in [0.15, 0.2) is 29.2 Å². The first-order valence-corrected chi connectivity index (χ1v) is 7.18. The van der Waals surface area contributed by atoms with Crippen LogP contribution in [-0.4, -0.2) is 23.4 Å². The molecular weight excluding hydrogens is 276 g/mol. The van der Waals surface area contributed by atoms with Gasteiger partial charge in [0.1, 0.15) is 5.60 Å². The Morgan fingerprint density at radius 1 is 1.25 bits per heavy atom. The normalized spacial score (nSPS) is 10.9. The van der Waals surface area contributed by atoms with E-state index in [0.717, 1.165) is 10.5 Å². The highest BCUT2D eigenvalue weighted by Crippen LogP contribution is 2.18. The molecule has 6 heteroatoms. The average Bonchev–Trinajstić information content (AvgIpc) is 2.33. The Bertz CT molecular complexity index is 466. The summed E-state index contributed by atoms with van der Waals surface area (Å²) in [6.45, 7) is 5.82. The van der Waals surface area contributed by atoms with Crippen molar-refractivity contribution in [3.63, 3.8) is 0 Å². The fourth-order valence-electron chi connectivity index (χ4n) is 1.34. The maximum absolute atomic E-state index is 11.5. The molecule has 2 amide bonds. The molecule has 0 atom stereocenters. The predicted octanol–water partition coefficient (Wildman–Crippen LogP) is 2.61. The Morgan fingerprint density at radius 3 is 2.35 bits per heavy atom. The second-order valence-corrected chi connectivity index (χ2v) is 6.26. The van der Waals surface area contributed by atoms with Gasteiger partial charge in [-0.3, -0.25) is 10.5 Å². The molecule has 0 aliphatic heterocycles. The van der Waals surface area contributed by atoms with Gasteiger partial charge in [-0.05, 0) is 38.5 Å². The molecule has 1 aromatic rings. The number of carbonyl (C=O) groups is 2. The van der Waals surface area contributed by atoms with Gasteiger partial charge in [0.05, 0.1) is 5.75 Å². The lowest BCUT2D eigenvalue weighted by molar-refractivity contribution is -0.116. The zero-order chi connectivity index (χ0) is 15.2. The van der Waals surface area contributed by atoms with Gasteiger partial charge < -0.3 is 10.1 Å². The summed E-state index contributed by atoms with van der Waals surface area (Å²) in [5.74, 6) is -0.444. The number of carbonyl (C=O) groups excluding carboxylic acids is 2. The van der Waals surface area contributed by atoms with Gasteiger partial charge in [-0.2, -0.15) is 0 Å². The second kappa shape index (κ2) is 7.19. The van der Waals surface area contributed by atoms with E-state index in [0.29, 0.717) is 6.54 Å². The van der Waals surface area contributed by atoms with Crippen LogP contribution in [0.3, 0.4) is 0 Å². The number of hydrogen-bond acceptors (Lipinski definition) is 4. The molecule has 0 unspecified atom stereocenters. The average molecular weight is 295 g/mol. The lowest BCUT2D eigenvalue weighted by Gasteiger charge is -2.19. The molecule has 109 valence electrons. The van der Waals surface area contributed by atoms with Crippen LogP contribution in [0.1, 0.15) is 26.3 Å². The van der Waals surface area contributed by atoms with Gasteiger partial charge in [0.2, 0.25) is 5.91 Å². The molecule has 0 aliphatic carbocycles. The van der Waals surface area contributed by atoms with Crippen molar-refractivity contribution >= 4 is 23.8 Å². The van der Waals surface area contributed by atoms with Crippen LogP contribution in [0.5, 0.6) is 0 Å². The molecule has 0 saturated carbocycles. The van der Waals surface area contributed by atoms with Crippen molar-refractivity contribution in [3.05, 3.63) is 29.8 Å². The van der Waals surface area contributed by atoms with Crippen LogP contribution >= 0.6 is 11.8 Å². The van der Waals surface area contributed by atoms with E-state index in [1.807, 2.05) is 45.0 Å². The topological polar surface area (TPSA) is 79.2 Å². The smallest absolute Gasteiger partial charge is 0.407 e. The molecule has 0 aliphatic rings. The Balaban J connectivity index is 2.42. The van der Waals surface area contributed by atoms with Crippen LogP contribution in [0.25, 0.3) is 0 Å². The maximum Gasteiger partial charge on any atom is 0.407 e. The van der Waals surface area contributed by atoms with Crippen molar-refractivity contribution in [2.75, 3.05) is 5.75 Å². The van der Waals surface area contributed by atoms with Gasteiger partial charge >= 0.3 is 6.09 Å². The van der Waals surface area contributed by atoms with Crippen molar-refractivity contribution in [3.8, 4) is 0 Å². The van der Waals surface area contributed by atoms with E-state index < -0.39 is 17.6 Å². The fraction of sp³-hybridized carbons (Fsp3) is 0.429. The molecule has 0 spiro atoms. The molecule has 0 heterocycles. The van der Waals surface area contributed by atoms with Crippen LogP contribution in [-0.2, 0) is 16.1 Å². The van der Waals surface area contributed by atoms with Gasteiger partial charge in [-0.25, -0.2) is 4.79 Å². The number of amides is 2. The summed E-state index contributed by atoms with van der Waals surface area (Å²) in [5.41, 5.74) is 7.27.